The van der Waals surface area contributed by atoms with E-state index in [1.165, 1.54) is 0 Å². The second-order valence-electron chi connectivity index (χ2n) is 7.40. The molecule has 5 nitrogen and oxygen atoms in total. The van der Waals surface area contributed by atoms with Gasteiger partial charge in [-0.15, -0.1) is 0 Å². The molecule has 0 bridgehead atoms. The number of benzene rings is 2. The highest BCUT2D eigenvalue weighted by Gasteiger charge is 2.25. The number of amides is 2. The van der Waals surface area contributed by atoms with E-state index in [0.717, 1.165) is 21.4 Å². The highest BCUT2D eigenvalue weighted by molar-refractivity contribution is 9.10. The van der Waals surface area contributed by atoms with Crippen molar-refractivity contribution < 1.29 is 14.3 Å². The first-order chi connectivity index (χ1) is 12.6. The highest BCUT2D eigenvalue weighted by Crippen LogP contribution is 2.24. The van der Waals surface area contributed by atoms with Crippen LogP contribution in [0.5, 0.6) is 5.75 Å². The molecule has 2 amide bonds. The molecular formula is C21H25BrN2O3. The molecular weight excluding hydrogens is 408 g/mol. The fourth-order valence-corrected chi connectivity index (χ4v) is 2.96. The van der Waals surface area contributed by atoms with Crippen LogP contribution in [-0.4, -0.2) is 25.5 Å². The van der Waals surface area contributed by atoms with Gasteiger partial charge in [-0.3, -0.25) is 9.59 Å². The van der Waals surface area contributed by atoms with Gasteiger partial charge in [0.15, 0.2) is 6.61 Å². The van der Waals surface area contributed by atoms with Gasteiger partial charge in [0.2, 0.25) is 5.91 Å². The fraction of sp³-hybridized carbons (Fsp3) is 0.333. The number of halogens is 1. The summed E-state index contributed by atoms with van der Waals surface area (Å²) in [5, 5.41) is 2.83. The summed E-state index contributed by atoms with van der Waals surface area (Å²) >= 11 is 3.40. The quantitative estimate of drug-likeness (QED) is 0.738. The first kappa shape index (κ1) is 21.0. The Labute approximate surface area is 168 Å². The molecule has 27 heavy (non-hydrogen) atoms. The molecule has 0 spiro atoms. The van der Waals surface area contributed by atoms with Crippen molar-refractivity contribution in [1.29, 1.82) is 0 Å². The largest absolute Gasteiger partial charge is 0.484 e. The molecule has 0 unspecified atom stereocenters. The lowest BCUT2D eigenvalue weighted by Crippen LogP contribution is -2.36. The minimum absolute atomic E-state index is 0.0282. The Morgan fingerprint density at radius 2 is 1.74 bits per heavy atom. The third-order valence-corrected chi connectivity index (χ3v) is 4.50. The van der Waals surface area contributed by atoms with E-state index >= 15 is 0 Å². The van der Waals surface area contributed by atoms with Crippen molar-refractivity contribution in [3.8, 4) is 5.75 Å². The molecule has 144 valence electrons. The van der Waals surface area contributed by atoms with E-state index in [4.69, 9.17) is 4.74 Å². The Balaban J connectivity index is 1.93. The molecule has 0 saturated heterocycles. The lowest BCUT2D eigenvalue weighted by atomic mass is 9.95. The maximum atomic E-state index is 12.3. The summed E-state index contributed by atoms with van der Waals surface area (Å²) in [6, 6.07) is 12.8. The van der Waals surface area contributed by atoms with Gasteiger partial charge < -0.3 is 15.0 Å². The Hall–Kier alpha value is -2.34. The predicted molar refractivity (Wildman–Crippen MR) is 112 cm³/mol. The van der Waals surface area contributed by atoms with Crippen molar-refractivity contribution in [2.75, 3.05) is 23.9 Å². The minimum atomic E-state index is -0.451. The Bertz CT molecular complexity index is 826. The van der Waals surface area contributed by atoms with Crippen molar-refractivity contribution in [1.82, 2.24) is 0 Å². The average molecular weight is 433 g/mol. The van der Waals surface area contributed by atoms with Gasteiger partial charge in [-0.25, -0.2) is 0 Å². The maximum Gasteiger partial charge on any atom is 0.262 e. The molecule has 6 heteroatoms. The molecule has 0 aromatic heterocycles. The number of nitrogens with zero attached hydrogens (tertiary/aromatic N) is 1. The van der Waals surface area contributed by atoms with Gasteiger partial charge in [0.05, 0.1) is 0 Å². The summed E-state index contributed by atoms with van der Waals surface area (Å²) in [6.45, 7) is 7.49. The number of anilines is 2. The molecule has 0 saturated carbocycles. The minimum Gasteiger partial charge on any atom is -0.484 e. The summed E-state index contributed by atoms with van der Waals surface area (Å²) in [4.78, 5) is 26.0. The SMILES string of the molecule is Cc1cc(Br)ccc1NC(=O)COc1ccc(N(C)C(=O)C(C)(C)C)cc1. The summed E-state index contributed by atoms with van der Waals surface area (Å²) in [5.74, 6) is 0.364. The summed E-state index contributed by atoms with van der Waals surface area (Å²) < 4.78 is 6.50. The number of hydrogen-bond acceptors (Lipinski definition) is 3. The molecule has 2 aromatic rings. The van der Waals surface area contributed by atoms with Crippen LogP contribution < -0.4 is 15.0 Å². The molecule has 0 radical (unpaired) electrons. The van der Waals surface area contributed by atoms with Crippen molar-refractivity contribution in [2.45, 2.75) is 27.7 Å². The Kier molecular flexibility index (Phi) is 6.65. The second kappa shape index (κ2) is 8.57. The fourth-order valence-electron chi connectivity index (χ4n) is 2.49. The molecule has 0 aliphatic carbocycles. The number of ether oxygens (including phenoxy) is 1. The highest BCUT2D eigenvalue weighted by atomic mass is 79.9. The molecule has 2 rings (SSSR count). The van der Waals surface area contributed by atoms with Crippen LogP contribution in [0.2, 0.25) is 0 Å². The zero-order chi connectivity index (χ0) is 20.2. The van der Waals surface area contributed by atoms with Gasteiger partial charge in [0.25, 0.3) is 5.91 Å². The van der Waals surface area contributed by atoms with E-state index in [2.05, 4.69) is 21.2 Å². The van der Waals surface area contributed by atoms with Crippen LogP contribution in [0, 0.1) is 12.3 Å². The Morgan fingerprint density at radius 1 is 1.11 bits per heavy atom. The van der Waals surface area contributed by atoms with E-state index in [1.54, 1.807) is 36.2 Å². The van der Waals surface area contributed by atoms with Gasteiger partial charge >= 0.3 is 0 Å². The van der Waals surface area contributed by atoms with Gasteiger partial charge in [0, 0.05) is 28.3 Å². The van der Waals surface area contributed by atoms with Gasteiger partial charge in [0.1, 0.15) is 5.75 Å². The molecule has 1 N–H and O–H groups in total. The van der Waals surface area contributed by atoms with Crippen molar-refractivity contribution in [3.63, 3.8) is 0 Å². The summed E-state index contributed by atoms with van der Waals surface area (Å²) in [6.07, 6.45) is 0. The number of carbonyl (C=O) groups is 2. The normalized spacial score (nSPS) is 11.0. The molecule has 0 fully saturated rings. The van der Waals surface area contributed by atoms with E-state index < -0.39 is 5.41 Å². The van der Waals surface area contributed by atoms with E-state index in [1.807, 2.05) is 45.9 Å². The van der Waals surface area contributed by atoms with Crippen LogP contribution in [0.4, 0.5) is 11.4 Å². The van der Waals surface area contributed by atoms with Gasteiger partial charge in [-0.05, 0) is 55.0 Å². The number of rotatable bonds is 5. The molecule has 0 atom stereocenters. The van der Waals surface area contributed by atoms with Crippen LogP contribution in [0.25, 0.3) is 0 Å². The number of aryl methyl sites for hydroxylation is 1. The zero-order valence-corrected chi connectivity index (χ0v) is 17.9. The summed E-state index contributed by atoms with van der Waals surface area (Å²) in [5.41, 5.74) is 2.04. The maximum absolute atomic E-state index is 12.3. The van der Waals surface area contributed by atoms with Crippen LogP contribution in [0.3, 0.4) is 0 Å². The first-order valence-electron chi connectivity index (χ1n) is 8.65. The smallest absolute Gasteiger partial charge is 0.262 e. The van der Waals surface area contributed by atoms with Crippen LogP contribution in [-0.2, 0) is 9.59 Å². The van der Waals surface area contributed by atoms with Crippen LogP contribution >= 0.6 is 15.9 Å². The van der Waals surface area contributed by atoms with Gasteiger partial charge in [-0.1, -0.05) is 36.7 Å². The zero-order valence-electron chi connectivity index (χ0n) is 16.3. The standard InChI is InChI=1S/C21H25BrN2O3/c1-14-12-15(22)6-11-18(14)23-19(25)13-27-17-9-7-16(8-10-17)24(5)20(26)21(2,3)4/h6-12H,13H2,1-5H3,(H,23,25). The number of nitrogens with one attached hydrogen (secondary N) is 1. The van der Waals surface area contributed by atoms with Crippen molar-refractivity contribution in [3.05, 3.63) is 52.5 Å². The molecule has 0 aliphatic heterocycles. The second-order valence-corrected chi connectivity index (χ2v) is 8.32. The first-order valence-corrected chi connectivity index (χ1v) is 9.44. The van der Waals surface area contributed by atoms with E-state index in [-0.39, 0.29) is 18.4 Å². The molecule has 2 aromatic carbocycles. The lowest BCUT2D eigenvalue weighted by Gasteiger charge is -2.26. The number of carbonyl (C=O) groups excluding carboxylic acids is 2. The predicted octanol–water partition coefficient (Wildman–Crippen LogP) is 4.78. The summed E-state index contributed by atoms with van der Waals surface area (Å²) in [7, 11) is 1.75. The van der Waals surface area contributed by atoms with Crippen molar-refractivity contribution >= 4 is 39.1 Å². The third-order valence-electron chi connectivity index (χ3n) is 4.00. The third kappa shape index (κ3) is 5.82. The van der Waals surface area contributed by atoms with E-state index in [9.17, 15) is 9.59 Å². The topological polar surface area (TPSA) is 58.6 Å². The van der Waals surface area contributed by atoms with Crippen LogP contribution in [0.15, 0.2) is 46.9 Å². The van der Waals surface area contributed by atoms with Crippen LogP contribution in [0.1, 0.15) is 26.3 Å². The van der Waals surface area contributed by atoms with Gasteiger partial charge in [-0.2, -0.15) is 0 Å². The molecule has 0 aliphatic rings. The van der Waals surface area contributed by atoms with E-state index in [0.29, 0.717) is 5.75 Å². The lowest BCUT2D eigenvalue weighted by molar-refractivity contribution is -0.125. The monoisotopic (exact) mass is 432 g/mol. The van der Waals surface area contributed by atoms with Crippen molar-refractivity contribution in [2.24, 2.45) is 5.41 Å². The molecule has 0 heterocycles. The Morgan fingerprint density at radius 3 is 2.30 bits per heavy atom. The number of hydrogen-bond donors (Lipinski definition) is 1. The average Bonchev–Trinajstić information content (AvgIpc) is 2.61.